The van der Waals surface area contributed by atoms with Gasteiger partial charge in [-0.1, -0.05) is 6.08 Å². The minimum Gasteiger partial charge on any atom is -0.338 e. The van der Waals surface area contributed by atoms with E-state index in [1.807, 2.05) is 12.1 Å². The van der Waals surface area contributed by atoms with Crippen molar-refractivity contribution in [1.29, 1.82) is 0 Å². The van der Waals surface area contributed by atoms with Crippen LogP contribution in [0.15, 0.2) is 54.9 Å². The number of sulfonamides is 1. The Balaban J connectivity index is 1.42. The predicted molar refractivity (Wildman–Crippen MR) is 142 cm³/mol. The molecule has 0 spiro atoms. The molecule has 1 aromatic carbocycles. The Morgan fingerprint density at radius 3 is 2.81 bits per heavy atom. The number of halogens is 1. The van der Waals surface area contributed by atoms with E-state index in [1.165, 1.54) is 17.7 Å². The molecule has 1 aliphatic rings. The van der Waals surface area contributed by atoms with Gasteiger partial charge < -0.3 is 10.3 Å². The fourth-order valence-electron chi connectivity index (χ4n) is 4.68. The Kier molecular flexibility index (Phi) is 5.82. The van der Waals surface area contributed by atoms with Gasteiger partial charge in [0.05, 0.1) is 29.4 Å². The van der Waals surface area contributed by atoms with E-state index in [0.29, 0.717) is 16.8 Å². The Labute approximate surface area is 212 Å². The molecule has 188 valence electrons. The van der Waals surface area contributed by atoms with E-state index in [-0.39, 0.29) is 6.54 Å². The van der Waals surface area contributed by atoms with E-state index in [9.17, 15) is 12.8 Å². The molecule has 0 fully saturated rings. The van der Waals surface area contributed by atoms with E-state index in [4.69, 9.17) is 0 Å². The highest BCUT2D eigenvalue weighted by atomic mass is 32.2. The van der Waals surface area contributed by atoms with Crippen molar-refractivity contribution >= 4 is 37.5 Å². The second kappa shape index (κ2) is 9.18. The molecule has 0 radical (unpaired) electrons. The van der Waals surface area contributed by atoms with Gasteiger partial charge >= 0.3 is 0 Å². The second-order valence-corrected chi connectivity index (χ2v) is 10.9. The van der Waals surface area contributed by atoms with Crippen LogP contribution in [0.25, 0.3) is 50.0 Å². The molecule has 6 rings (SSSR count). The number of H-pyrrole nitrogens is 2. The maximum atomic E-state index is 14.5. The first-order valence-corrected chi connectivity index (χ1v) is 13.7. The minimum absolute atomic E-state index is 0.00165. The Morgan fingerprint density at radius 1 is 1.11 bits per heavy atom. The molecule has 5 aromatic rings. The summed E-state index contributed by atoms with van der Waals surface area (Å²) in [6.07, 6.45) is 7.61. The Morgan fingerprint density at radius 2 is 2.00 bits per heavy atom. The zero-order valence-electron chi connectivity index (χ0n) is 20.0. The van der Waals surface area contributed by atoms with Gasteiger partial charge in [-0.2, -0.15) is 5.10 Å². The molecular formula is C26H24FN7O2S. The molecule has 0 aliphatic carbocycles. The quantitative estimate of drug-likeness (QED) is 0.272. The van der Waals surface area contributed by atoms with E-state index < -0.39 is 15.8 Å². The first kappa shape index (κ1) is 23.5. The van der Waals surface area contributed by atoms with Crippen LogP contribution in [-0.2, 0) is 16.6 Å². The molecule has 9 nitrogen and oxygen atoms in total. The summed E-state index contributed by atoms with van der Waals surface area (Å²) in [6, 6.07) is 10.4. The summed E-state index contributed by atoms with van der Waals surface area (Å²) in [7, 11) is -3.41. The highest BCUT2D eigenvalue weighted by Gasteiger charge is 2.17. The van der Waals surface area contributed by atoms with Crippen molar-refractivity contribution in [2.75, 3.05) is 19.3 Å². The molecule has 0 unspecified atom stereocenters. The fourth-order valence-corrected chi connectivity index (χ4v) is 5.11. The number of pyridine rings is 2. The average molecular weight is 518 g/mol. The number of rotatable bonds is 6. The molecule has 0 amide bonds. The van der Waals surface area contributed by atoms with Crippen LogP contribution in [0, 0.1) is 5.82 Å². The monoisotopic (exact) mass is 517 g/mol. The Bertz CT molecular complexity index is 1790. The molecular weight excluding hydrogens is 493 g/mol. The largest absolute Gasteiger partial charge is 0.338 e. The van der Waals surface area contributed by atoms with Gasteiger partial charge in [0.2, 0.25) is 10.0 Å². The van der Waals surface area contributed by atoms with Crippen LogP contribution in [0.3, 0.4) is 0 Å². The normalized spacial score (nSPS) is 14.4. The first-order valence-electron chi connectivity index (χ1n) is 11.8. The van der Waals surface area contributed by atoms with Gasteiger partial charge in [-0.05, 0) is 71.6 Å². The zero-order chi connectivity index (χ0) is 25.6. The number of nitrogens with zero attached hydrogens (tertiary/aromatic N) is 3. The summed E-state index contributed by atoms with van der Waals surface area (Å²) in [5.41, 5.74) is 7.04. The standard InChI is InChI=1S/C26H24FN7O2S/c1-37(35,36)31-13-15-8-17(10-18(27)9-15)19-4-7-29-26-20(19)11-23(32-26)25-21-12-22(16-2-5-28-6-3-16)30-14-24(21)33-34-25/h2,4,7-12,14,28,31H,3,5-6,13H2,1H3,(H,29,32)(H,33,34). The van der Waals surface area contributed by atoms with Crippen LogP contribution in [0.4, 0.5) is 4.39 Å². The van der Waals surface area contributed by atoms with Crippen LogP contribution in [0.2, 0.25) is 0 Å². The van der Waals surface area contributed by atoms with Crippen molar-refractivity contribution in [2.24, 2.45) is 0 Å². The minimum atomic E-state index is -3.41. The molecule has 37 heavy (non-hydrogen) atoms. The highest BCUT2D eigenvalue weighted by molar-refractivity contribution is 7.88. The molecule has 1 aliphatic heterocycles. The molecule has 11 heteroatoms. The third-order valence-corrected chi connectivity index (χ3v) is 7.10. The molecule has 0 saturated heterocycles. The number of aromatic nitrogens is 5. The van der Waals surface area contributed by atoms with Crippen molar-refractivity contribution in [3.63, 3.8) is 0 Å². The number of benzene rings is 1. The van der Waals surface area contributed by atoms with Gasteiger partial charge in [-0.3, -0.25) is 10.1 Å². The van der Waals surface area contributed by atoms with Crippen LogP contribution >= 0.6 is 0 Å². The Hall–Kier alpha value is -3.93. The van der Waals surface area contributed by atoms with Crippen LogP contribution in [0.5, 0.6) is 0 Å². The lowest BCUT2D eigenvalue weighted by Gasteiger charge is -2.13. The summed E-state index contributed by atoms with van der Waals surface area (Å²) in [4.78, 5) is 12.4. The van der Waals surface area contributed by atoms with Gasteiger partial charge in [-0.25, -0.2) is 22.5 Å². The van der Waals surface area contributed by atoms with Crippen LogP contribution < -0.4 is 10.0 Å². The maximum Gasteiger partial charge on any atom is 0.209 e. The summed E-state index contributed by atoms with van der Waals surface area (Å²) in [5, 5.41) is 12.7. The fraction of sp³-hybridized carbons (Fsp3) is 0.192. The molecule has 4 aromatic heterocycles. The number of fused-ring (bicyclic) bond motifs is 2. The molecule has 4 N–H and O–H groups in total. The number of hydrogen-bond acceptors (Lipinski definition) is 6. The van der Waals surface area contributed by atoms with Gasteiger partial charge in [0.25, 0.3) is 0 Å². The van der Waals surface area contributed by atoms with E-state index in [2.05, 4.69) is 47.3 Å². The highest BCUT2D eigenvalue weighted by Crippen LogP contribution is 2.34. The van der Waals surface area contributed by atoms with Crippen LogP contribution in [-0.4, -0.2) is 52.9 Å². The summed E-state index contributed by atoms with van der Waals surface area (Å²) < 4.78 is 39.9. The lowest BCUT2D eigenvalue weighted by atomic mass is 10.0. The summed E-state index contributed by atoms with van der Waals surface area (Å²) in [6.45, 7) is 1.75. The van der Waals surface area contributed by atoms with Crippen molar-refractivity contribution in [2.45, 2.75) is 13.0 Å². The SMILES string of the molecule is CS(=O)(=O)NCc1cc(F)cc(-c2ccnc3[nH]c(-c4n[nH]c5cnc(C6=CCNCC6)cc45)cc23)c1. The number of aromatic amines is 2. The first-order chi connectivity index (χ1) is 17.8. The van der Waals surface area contributed by atoms with Crippen molar-refractivity contribution in [3.8, 4) is 22.5 Å². The summed E-state index contributed by atoms with van der Waals surface area (Å²) >= 11 is 0. The lowest BCUT2D eigenvalue weighted by Crippen LogP contribution is -2.21. The molecule has 5 heterocycles. The van der Waals surface area contributed by atoms with E-state index >= 15 is 0 Å². The third-order valence-electron chi connectivity index (χ3n) is 6.43. The van der Waals surface area contributed by atoms with Gasteiger partial charge in [-0.15, -0.1) is 0 Å². The van der Waals surface area contributed by atoms with E-state index in [0.717, 1.165) is 64.7 Å². The molecule has 0 bridgehead atoms. The molecule has 0 saturated carbocycles. The van der Waals surface area contributed by atoms with Crippen molar-refractivity contribution in [1.82, 2.24) is 35.2 Å². The predicted octanol–water partition coefficient (Wildman–Crippen LogP) is 3.73. The third kappa shape index (κ3) is 4.76. The maximum absolute atomic E-state index is 14.5. The van der Waals surface area contributed by atoms with Gasteiger partial charge in [0.1, 0.15) is 17.2 Å². The van der Waals surface area contributed by atoms with Crippen LogP contribution in [0.1, 0.15) is 17.7 Å². The van der Waals surface area contributed by atoms with Gasteiger partial charge in [0.15, 0.2) is 0 Å². The molecule has 0 atom stereocenters. The van der Waals surface area contributed by atoms with Gasteiger partial charge in [0, 0.05) is 30.1 Å². The zero-order valence-corrected chi connectivity index (χ0v) is 20.8. The summed E-state index contributed by atoms with van der Waals surface area (Å²) in [5.74, 6) is -0.450. The van der Waals surface area contributed by atoms with E-state index in [1.54, 1.807) is 18.5 Å². The van der Waals surface area contributed by atoms with Crippen molar-refractivity contribution in [3.05, 3.63) is 71.9 Å². The lowest BCUT2D eigenvalue weighted by molar-refractivity contribution is 0.586. The number of hydrogen-bond donors (Lipinski definition) is 4. The number of nitrogens with one attached hydrogen (secondary N) is 4. The smallest absolute Gasteiger partial charge is 0.209 e. The topological polar surface area (TPSA) is 128 Å². The average Bonchev–Trinajstić information content (AvgIpc) is 3.51. The second-order valence-electron chi connectivity index (χ2n) is 9.12. The van der Waals surface area contributed by atoms with Crippen molar-refractivity contribution < 1.29 is 12.8 Å².